The van der Waals surface area contributed by atoms with Crippen molar-refractivity contribution >= 4 is 17.9 Å². The van der Waals surface area contributed by atoms with Crippen molar-refractivity contribution < 1.29 is 38.1 Å². The Morgan fingerprint density at radius 2 is 1.05 bits per heavy atom. The lowest BCUT2D eigenvalue weighted by Crippen LogP contribution is -2.13. The van der Waals surface area contributed by atoms with Gasteiger partial charge in [-0.25, -0.2) is 14.4 Å². The first-order valence-electron chi connectivity index (χ1n) is 14.1. The summed E-state index contributed by atoms with van der Waals surface area (Å²) in [5.41, 5.74) is 4.26. The van der Waals surface area contributed by atoms with E-state index in [1.165, 1.54) is 12.1 Å². The van der Waals surface area contributed by atoms with E-state index in [0.717, 1.165) is 23.1 Å². The van der Waals surface area contributed by atoms with Gasteiger partial charge in [0.15, 0.2) is 0 Å². The van der Waals surface area contributed by atoms with Crippen LogP contribution in [0, 0.1) is 6.92 Å². The van der Waals surface area contributed by atoms with Crippen molar-refractivity contribution in [2.24, 2.45) is 0 Å². The zero-order valence-electron chi connectivity index (χ0n) is 24.5. The van der Waals surface area contributed by atoms with Gasteiger partial charge in [-0.05, 0) is 79.1 Å². The molecule has 0 fully saturated rings. The van der Waals surface area contributed by atoms with Crippen LogP contribution in [0.25, 0.3) is 0 Å². The van der Waals surface area contributed by atoms with Crippen LogP contribution < -0.4 is 9.47 Å². The zero-order valence-corrected chi connectivity index (χ0v) is 24.5. The smallest absolute Gasteiger partial charge is 0.338 e. The van der Waals surface area contributed by atoms with E-state index in [-0.39, 0.29) is 50.1 Å². The third-order valence-electron chi connectivity index (χ3n) is 6.35. The summed E-state index contributed by atoms with van der Waals surface area (Å²) in [7, 11) is 0. The lowest BCUT2D eigenvalue weighted by molar-refractivity contribution is 0.0442. The van der Waals surface area contributed by atoms with Crippen molar-refractivity contribution in [3.05, 3.63) is 143 Å². The van der Waals surface area contributed by atoms with Crippen molar-refractivity contribution in [2.45, 2.75) is 13.3 Å². The molecule has 0 atom stereocenters. The molecule has 0 unspecified atom stereocenters. The molecule has 0 saturated carbocycles. The quantitative estimate of drug-likeness (QED) is 0.0675. The molecule has 0 bridgehead atoms. The van der Waals surface area contributed by atoms with Gasteiger partial charge in [0.2, 0.25) is 0 Å². The second-order valence-corrected chi connectivity index (χ2v) is 9.77. The van der Waals surface area contributed by atoms with Crippen LogP contribution in [0.2, 0.25) is 0 Å². The average molecular weight is 595 g/mol. The first-order valence-corrected chi connectivity index (χ1v) is 14.1. The molecule has 0 heterocycles. The predicted octanol–water partition coefficient (Wildman–Crippen LogP) is 6.40. The zero-order chi connectivity index (χ0) is 31.1. The molecule has 4 aromatic carbocycles. The molecule has 0 amide bonds. The molecule has 0 N–H and O–H groups in total. The van der Waals surface area contributed by atoms with Gasteiger partial charge in [0, 0.05) is 0 Å². The summed E-state index contributed by atoms with van der Waals surface area (Å²) in [5, 5.41) is 0. The summed E-state index contributed by atoms with van der Waals surface area (Å²) in [5.74, 6) is -0.105. The summed E-state index contributed by atoms with van der Waals surface area (Å²) in [6.45, 7) is 6.17. The van der Waals surface area contributed by atoms with E-state index in [0.29, 0.717) is 17.1 Å². The molecule has 4 aromatic rings. The summed E-state index contributed by atoms with van der Waals surface area (Å²) in [4.78, 5) is 36.5. The third-order valence-corrected chi connectivity index (χ3v) is 6.35. The molecule has 8 nitrogen and oxygen atoms in total. The van der Waals surface area contributed by atoms with Crippen molar-refractivity contribution in [1.29, 1.82) is 0 Å². The van der Waals surface area contributed by atoms with Crippen LogP contribution in [-0.4, -0.2) is 50.9 Å². The number of carbonyl (C=O) groups is 3. The fraction of sp³-hybridized carbons (Fsp3) is 0.194. The van der Waals surface area contributed by atoms with Crippen molar-refractivity contribution in [3.8, 4) is 11.5 Å². The van der Waals surface area contributed by atoms with Gasteiger partial charge in [-0.15, -0.1) is 0 Å². The number of ether oxygens (including phenoxy) is 5. The maximum absolute atomic E-state index is 12.4. The molecule has 44 heavy (non-hydrogen) atoms. The molecule has 0 spiro atoms. The monoisotopic (exact) mass is 594 g/mol. The van der Waals surface area contributed by atoms with Gasteiger partial charge in [0.25, 0.3) is 0 Å². The topological polar surface area (TPSA) is 97.4 Å². The van der Waals surface area contributed by atoms with E-state index in [1.807, 2.05) is 67.6 Å². The Morgan fingerprint density at radius 1 is 0.591 bits per heavy atom. The molecular formula is C36H34O8. The Bertz CT molecular complexity index is 1560. The number of aryl methyl sites for hydroxylation is 1. The number of benzene rings is 4. The maximum Gasteiger partial charge on any atom is 0.338 e. The van der Waals surface area contributed by atoms with Crippen LogP contribution in [-0.2, 0) is 20.6 Å². The Kier molecular flexibility index (Phi) is 11.7. The first kappa shape index (κ1) is 31.6. The lowest BCUT2D eigenvalue weighted by atomic mass is 10.0. The fourth-order valence-electron chi connectivity index (χ4n) is 4.16. The second-order valence-electron chi connectivity index (χ2n) is 9.77. The van der Waals surface area contributed by atoms with Crippen LogP contribution in [0.5, 0.6) is 11.5 Å². The van der Waals surface area contributed by atoms with Crippen LogP contribution in [0.3, 0.4) is 0 Å². The molecule has 226 valence electrons. The lowest BCUT2D eigenvalue weighted by Gasteiger charge is -2.10. The number of esters is 3. The normalized spacial score (nSPS) is 10.4. The highest BCUT2D eigenvalue weighted by atomic mass is 16.6. The van der Waals surface area contributed by atoms with E-state index in [2.05, 4.69) is 6.58 Å². The van der Waals surface area contributed by atoms with Gasteiger partial charge in [0.05, 0.1) is 16.7 Å². The second kappa shape index (κ2) is 16.3. The Morgan fingerprint density at radius 3 is 1.52 bits per heavy atom. The first-order chi connectivity index (χ1) is 21.4. The minimum absolute atomic E-state index is 0.0509. The van der Waals surface area contributed by atoms with Gasteiger partial charge in [-0.1, -0.05) is 60.7 Å². The van der Waals surface area contributed by atoms with E-state index in [4.69, 9.17) is 23.7 Å². The molecule has 0 saturated heterocycles. The van der Waals surface area contributed by atoms with Gasteiger partial charge in [-0.2, -0.15) is 0 Å². The minimum Gasteiger partial charge on any atom is -0.490 e. The molecule has 4 rings (SSSR count). The van der Waals surface area contributed by atoms with Crippen LogP contribution >= 0.6 is 0 Å². The molecule has 0 aromatic heterocycles. The Labute approximate surface area is 256 Å². The Balaban J connectivity index is 1.14. The van der Waals surface area contributed by atoms with E-state index in [1.54, 1.807) is 30.3 Å². The highest BCUT2D eigenvalue weighted by Crippen LogP contribution is 2.18. The summed E-state index contributed by atoms with van der Waals surface area (Å²) in [6.07, 6.45) is 2.20. The van der Waals surface area contributed by atoms with Crippen molar-refractivity contribution in [2.75, 3.05) is 33.0 Å². The van der Waals surface area contributed by atoms with Gasteiger partial charge < -0.3 is 23.7 Å². The summed E-state index contributed by atoms with van der Waals surface area (Å²) >= 11 is 0. The molecule has 0 aliphatic heterocycles. The summed E-state index contributed by atoms with van der Waals surface area (Å²) < 4.78 is 27.0. The number of rotatable bonds is 15. The SMILES string of the molecule is C=CCOC(=O)c1cccc(C(=O)OCCOc2ccc(Cc3ccc(OCCOC(=O)c4cccc(C)c4)cc3)cc2)c1. The van der Waals surface area contributed by atoms with E-state index >= 15 is 0 Å². The predicted molar refractivity (Wildman–Crippen MR) is 165 cm³/mol. The number of hydrogen-bond donors (Lipinski definition) is 0. The van der Waals surface area contributed by atoms with E-state index in [9.17, 15) is 14.4 Å². The van der Waals surface area contributed by atoms with Gasteiger partial charge in [0.1, 0.15) is 44.5 Å². The molecular weight excluding hydrogens is 560 g/mol. The molecule has 0 aliphatic carbocycles. The molecule has 0 radical (unpaired) electrons. The molecule has 0 aliphatic rings. The van der Waals surface area contributed by atoms with Crippen LogP contribution in [0.1, 0.15) is 47.8 Å². The third kappa shape index (κ3) is 9.87. The Hall–Kier alpha value is -5.37. The average Bonchev–Trinajstić information content (AvgIpc) is 3.05. The van der Waals surface area contributed by atoms with E-state index < -0.39 is 11.9 Å². The fourth-order valence-corrected chi connectivity index (χ4v) is 4.16. The minimum atomic E-state index is -0.555. The largest absolute Gasteiger partial charge is 0.490 e. The van der Waals surface area contributed by atoms with Crippen molar-refractivity contribution in [3.63, 3.8) is 0 Å². The molecule has 8 heteroatoms. The standard InChI is InChI=1S/C36H34O8/c1-3-18-42-35(38)30-8-5-9-31(25-30)36(39)44-22-20-41-33-16-12-28(13-17-33)24-27-10-14-32(15-11-27)40-19-21-43-34(37)29-7-4-6-26(2)23-29/h3-17,23,25H,1,18-22,24H2,2H3. The number of hydrogen-bond acceptors (Lipinski definition) is 8. The van der Waals surface area contributed by atoms with Crippen molar-refractivity contribution in [1.82, 2.24) is 0 Å². The number of carbonyl (C=O) groups excluding carboxylic acids is 3. The highest BCUT2D eigenvalue weighted by molar-refractivity contribution is 5.95. The highest BCUT2D eigenvalue weighted by Gasteiger charge is 2.12. The van der Waals surface area contributed by atoms with Gasteiger partial charge in [-0.3, -0.25) is 0 Å². The summed E-state index contributed by atoms with van der Waals surface area (Å²) in [6, 6.07) is 28.9. The van der Waals surface area contributed by atoms with Crippen LogP contribution in [0.4, 0.5) is 0 Å². The van der Waals surface area contributed by atoms with Gasteiger partial charge >= 0.3 is 17.9 Å². The maximum atomic E-state index is 12.4. The van der Waals surface area contributed by atoms with Crippen LogP contribution in [0.15, 0.2) is 110 Å².